The molecule has 1 heterocycles. The summed E-state index contributed by atoms with van der Waals surface area (Å²) in [5, 5.41) is 15.2. The highest BCUT2D eigenvalue weighted by Gasteiger charge is 2.10. The molecule has 0 N–H and O–H groups in total. The van der Waals surface area contributed by atoms with Crippen molar-refractivity contribution in [3.63, 3.8) is 0 Å². The predicted molar refractivity (Wildman–Crippen MR) is 75.1 cm³/mol. The van der Waals surface area contributed by atoms with E-state index in [0.29, 0.717) is 5.56 Å². The third-order valence-electron chi connectivity index (χ3n) is 2.89. The summed E-state index contributed by atoms with van der Waals surface area (Å²) in [5.41, 5.74) is 1.71. The Morgan fingerprint density at radius 2 is 1.78 bits per heavy atom. The number of hydrogen-bond donors (Lipinski definition) is 0. The van der Waals surface area contributed by atoms with Gasteiger partial charge in [-0.3, -0.25) is 5.01 Å². The lowest BCUT2D eigenvalue weighted by molar-refractivity contribution is 0.159. The van der Waals surface area contributed by atoms with Crippen molar-refractivity contribution < 1.29 is 0 Å². The smallest absolute Gasteiger partial charge is 0.0991 e. The van der Waals surface area contributed by atoms with Gasteiger partial charge < -0.3 is 4.90 Å². The second-order valence-electron chi connectivity index (χ2n) is 4.24. The Bertz CT molecular complexity index is 427. The van der Waals surface area contributed by atoms with Crippen LogP contribution in [-0.2, 0) is 0 Å². The number of hydrogen-bond acceptors (Lipinski definition) is 4. The second kappa shape index (κ2) is 7.00. The molecule has 0 aliphatic carbocycles. The summed E-state index contributed by atoms with van der Waals surface area (Å²) in [7, 11) is 2.13. The highest BCUT2D eigenvalue weighted by atomic mass is 35.5. The lowest BCUT2D eigenvalue weighted by Gasteiger charge is -2.30. The number of benzene rings is 1. The van der Waals surface area contributed by atoms with Crippen LogP contribution in [-0.4, -0.2) is 49.4 Å². The largest absolute Gasteiger partial charge is 0.303 e. The lowest BCUT2D eigenvalue weighted by atomic mass is 10.2. The number of piperazine rings is 1. The zero-order valence-electron chi connectivity index (χ0n) is 10.4. The first-order chi connectivity index (χ1) is 8.28. The minimum absolute atomic E-state index is 0. The molecule has 2 rings (SSSR count). The minimum Gasteiger partial charge on any atom is -0.303 e. The van der Waals surface area contributed by atoms with Gasteiger partial charge in [0.2, 0.25) is 0 Å². The highest BCUT2D eigenvalue weighted by Crippen LogP contribution is 2.03. The Hall–Kier alpha value is -1.57. The monoisotopic (exact) mass is 264 g/mol. The van der Waals surface area contributed by atoms with Crippen molar-refractivity contribution in [2.45, 2.75) is 0 Å². The molecule has 1 aromatic carbocycles. The van der Waals surface area contributed by atoms with Crippen molar-refractivity contribution >= 4 is 18.6 Å². The van der Waals surface area contributed by atoms with E-state index in [0.717, 1.165) is 31.7 Å². The maximum atomic E-state index is 8.69. The molecular weight excluding hydrogens is 248 g/mol. The van der Waals surface area contributed by atoms with Crippen molar-refractivity contribution in [3.8, 4) is 6.07 Å². The summed E-state index contributed by atoms with van der Waals surface area (Å²) in [6, 6.07) is 9.56. The Morgan fingerprint density at radius 3 is 2.33 bits per heavy atom. The molecule has 0 saturated carbocycles. The van der Waals surface area contributed by atoms with Gasteiger partial charge in [0.15, 0.2) is 0 Å². The molecule has 0 bridgehead atoms. The topological polar surface area (TPSA) is 42.6 Å². The first kappa shape index (κ1) is 14.5. The molecular formula is C13H17ClN4. The molecule has 1 aliphatic rings. The summed E-state index contributed by atoms with van der Waals surface area (Å²) in [4.78, 5) is 2.30. The van der Waals surface area contributed by atoms with Crippen molar-refractivity contribution in [3.05, 3.63) is 35.4 Å². The van der Waals surface area contributed by atoms with Gasteiger partial charge in [-0.25, -0.2) is 0 Å². The van der Waals surface area contributed by atoms with Crippen molar-refractivity contribution in [2.75, 3.05) is 33.2 Å². The fraction of sp³-hybridized carbons (Fsp3) is 0.385. The number of nitrogens with zero attached hydrogens (tertiary/aromatic N) is 4. The van der Waals surface area contributed by atoms with Gasteiger partial charge in [0.25, 0.3) is 0 Å². The van der Waals surface area contributed by atoms with Crippen LogP contribution in [0.1, 0.15) is 11.1 Å². The van der Waals surface area contributed by atoms with E-state index in [9.17, 15) is 0 Å². The SMILES string of the molecule is CN1CCN(N=Cc2ccc(C#N)cc2)CC1.Cl. The Balaban J connectivity index is 0.00000162. The van der Waals surface area contributed by atoms with Crippen LogP contribution in [0.5, 0.6) is 0 Å². The summed E-state index contributed by atoms with van der Waals surface area (Å²) in [6.45, 7) is 4.07. The molecule has 5 heteroatoms. The maximum Gasteiger partial charge on any atom is 0.0991 e. The fourth-order valence-corrected chi connectivity index (χ4v) is 1.70. The van der Waals surface area contributed by atoms with Gasteiger partial charge in [0, 0.05) is 26.2 Å². The molecule has 0 radical (unpaired) electrons. The number of likely N-dealkylation sites (N-methyl/N-ethyl adjacent to an activating group) is 1. The summed E-state index contributed by atoms with van der Waals surface area (Å²) in [5.74, 6) is 0. The van der Waals surface area contributed by atoms with Crippen molar-refractivity contribution in [2.24, 2.45) is 5.10 Å². The van der Waals surface area contributed by atoms with E-state index in [1.165, 1.54) is 0 Å². The molecule has 4 nitrogen and oxygen atoms in total. The second-order valence-corrected chi connectivity index (χ2v) is 4.24. The maximum absolute atomic E-state index is 8.69. The normalized spacial score (nSPS) is 16.3. The van der Waals surface area contributed by atoms with Gasteiger partial charge in [-0.1, -0.05) is 12.1 Å². The number of halogens is 1. The first-order valence-electron chi connectivity index (χ1n) is 5.75. The van der Waals surface area contributed by atoms with Gasteiger partial charge in [-0.2, -0.15) is 10.4 Å². The van der Waals surface area contributed by atoms with Crippen LogP contribution in [0.15, 0.2) is 29.4 Å². The molecule has 96 valence electrons. The first-order valence-corrected chi connectivity index (χ1v) is 5.75. The van der Waals surface area contributed by atoms with Crippen LogP contribution >= 0.6 is 12.4 Å². The number of hydrazone groups is 1. The summed E-state index contributed by atoms with van der Waals surface area (Å²) < 4.78 is 0. The van der Waals surface area contributed by atoms with Gasteiger partial charge in [-0.15, -0.1) is 12.4 Å². The van der Waals surface area contributed by atoms with Crippen molar-refractivity contribution in [1.29, 1.82) is 5.26 Å². The molecule has 0 unspecified atom stereocenters. The molecule has 1 aromatic rings. The zero-order chi connectivity index (χ0) is 12.1. The summed E-state index contributed by atoms with van der Waals surface area (Å²) >= 11 is 0. The van der Waals surface area contributed by atoms with E-state index in [1.54, 1.807) is 0 Å². The molecule has 1 aliphatic heterocycles. The average molecular weight is 265 g/mol. The molecule has 18 heavy (non-hydrogen) atoms. The van der Waals surface area contributed by atoms with E-state index in [2.05, 4.69) is 28.1 Å². The van der Waals surface area contributed by atoms with E-state index in [4.69, 9.17) is 5.26 Å². The Kier molecular flexibility index (Phi) is 5.63. The molecule has 0 atom stereocenters. The van der Waals surface area contributed by atoms with E-state index in [-0.39, 0.29) is 12.4 Å². The third-order valence-corrected chi connectivity index (χ3v) is 2.89. The van der Waals surface area contributed by atoms with Crippen LogP contribution in [0, 0.1) is 11.3 Å². The molecule has 1 fully saturated rings. The standard InChI is InChI=1S/C13H16N4.ClH/c1-16-6-8-17(9-7-16)15-11-13-4-2-12(10-14)3-5-13;/h2-5,11H,6-9H2,1H3;1H. The summed E-state index contributed by atoms with van der Waals surface area (Å²) in [6.07, 6.45) is 1.85. The third kappa shape index (κ3) is 4.02. The average Bonchev–Trinajstić information content (AvgIpc) is 2.39. The number of nitriles is 1. The molecule has 1 saturated heterocycles. The predicted octanol–water partition coefficient (Wildman–Crippen LogP) is 1.56. The van der Waals surface area contributed by atoms with E-state index >= 15 is 0 Å². The van der Waals surface area contributed by atoms with Crippen LogP contribution in [0.3, 0.4) is 0 Å². The van der Waals surface area contributed by atoms with Crippen LogP contribution < -0.4 is 0 Å². The van der Waals surface area contributed by atoms with Gasteiger partial charge in [0.05, 0.1) is 17.8 Å². The Labute approximate surface area is 114 Å². The van der Waals surface area contributed by atoms with Crippen LogP contribution in [0.4, 0.5) is 0 Å². The fourth-order valence-electron chi connectivity index (χ4n) is 1.70. The quantitative estimate of drug-likeness (QED) is 0.762. The van der Waals surface area contributed by atoms with Crippen LogP contribution in [0.2, 0.25) is 0 Å². The zero-order valence-corrected chi connectivity index (χ0v) is 11.2. The molecule has 0 spiro atoms. The van der Waals surface area contributed by atoms with Crippen LogP contribution in [0.25, 0.3) is 0 Å². The van der Waals surface area contributed by atoms with Gasteiger partial charge in [0.1, 0.15) is 0 Å². The van der Waals surface area contributed by atoms with Gasteiger partial charge >= 0.3 is 0 Å². The number of rotatable bonds is 2. The molecule has 0 amide bonds. The molecule has 0 aromatic heterocycles. The Morgan fingerprint density at radius 1 is 1.17 bits per heavy atom. The lowest BCUT2D eigenvalue weighted by Crippen LogP contribution is -2.41. The minimum atomic E-state index is 0. The van der Waals surface area contributed by atoms with E-state index in [1.807, 2.05) is 30.5 Å². The van der Waals surface area contributed by atoms with Gasteiger partial charge in [-0.05, 0) is 24.7 Å². The highest BCUT2D eigenvalue weighted by molar-refractivity contribution is 5.85. The van der Waals surface area contributed by atoms with E-state index < -0.39 is 0 Å². The van der Waals surface area contributed by atoms with Crippen molar-refractivity contribution in [1.82, 2.24) is 9.91 Å².